The molecular formula is C40H46N4O4S2. The molecule has 2 aromatic heterocycles. The van der Waals surface area contributed by atoms with Crippen LogP contribution in [0, 0.1) is 0 Å². The van der Waals surface area contributed by atoms with Gasteiger partial charge in [-0.1, -0.05) is 60.6 Å². The fraction of sp³-hybridized carbons (Fsp3) is 0.450. The Morgan fingerprint density at radius 2 is 1.26 bits per heavy atom. The van der Waals surface area contributed by atoms with E-state index >= 15 is 0 Å². The largest absolute Gasteiger partial charge is 0.478 e. The molecule has 50 heavy (non-hydrogen) atoms. The van der Waals surface area contributed by atoms with Crippen LogP contribution in [-0.2, 0) is 21.7 Å². The maximum atomic E-state index is 11.7. The summed E-state index contributed by atoms with van der Waals surface area (Å²) in [6.45, 7) is 16.6. The van der Waals surface area contributed by atoms with Gasteiger partial charge in [-0.05, 0) is 80.6 Å². The van der Waals surface area contributed by atoms with E-state index in [2.05, 4.69) is 70.4 Å². The zero-order chi connectivity index (χ0) is 35.8. The fourth-order valence-electron chi connectivity index (χ4n) is 7.26. The summed E-state index contributed by atoms with van der Waals surface area (Å²) in [7, 11) is 0. The molecule has 7 rings (SSSR count). The van der Waals surface area contributed by atoms with Gasteiger partial charge in [0.15, 0.2) is 10.3 Å². The summed E-state index contributed by atoms with van der Waals surface area (Å²) in [6, 6.07) is 14.7. The van der Waals surface area contributed by atoms with Crippen LogP contribution in [0.3, 0.4) is 0 Å². The maximum absolute atomic E-state index is 11.7. The van der Waals surface area contributed by atoms with E-state index in [0.717, 1.165) is 65.1 Å². The Kier molecular flexibility index (Phi) is 8.30. The Balaban J connectivity index is 1.25. The molecule has 1 atom stereocenters. The molecule has 0 radical (unpaired) electrons. The van der Waals surface area contributed by atoms with E-state index in [1.165, 1.54) is 9.75 Å². The minimum Gasteiger partial charge on any atom is -0.478 e. The molecule has 1 unspecified atom stereocenters. The average Bonchev–Trinajstić information content (AvgIpc) is 3.58. The van der Waals surface area contributed by atoms with Gasteiger partial charge in [0.2, 0.25) is 0 Å². The van der Waals surface area contributed by atoms with Gasteiger partial charge in [0, 0.05) is 55.4 Å². The number of nitrogens with zero attached hydrogens (tertiary/aromatic N) is 4. The minimum absolute atomic E-state index is 0.0158. The van der Waals surface area contributed by atoms with Gasteiger partial charge >= 0.3 is 11.9 Å². The Morgan fingerprint density at radius 3 is 1.82 bits per heavy atom. The van der Waals surface area contributed by atoms with Crippen molar-refractivity contribution in [2.24, 2.45) is 0 Å². The van der Waals surface area contributed by atoms with Crippen molar-refractivity contribution in [1.82, 2.24) is 9.97 Å². The first kappa shape index (κ1) is 34.4. The lowest BCUT2D eigenvalue weighted by molar-refractivity contribution is 0.0686. The van der Waals surface area contributed by atoms with Crippen LogP contribution in [0.25, 0.3) is 0 Å². The van der Waals surface area contributed by atoms with Crippen LogP contribution < -0.4 is 9.80 Å². The molecule has 0 spiro atoms. The number of carboxylic acid groups (broad SMARTS) is 2. The van der Waals surface area contributed by atoms with Crippen LogP contribution in [-0.4, -0.2) is 44.7 Å². The van der Waals surface area contributed by atoms with Crippen molar-refractivity contribution >= 4 is 56.3 Å². The first-order valence-corrected chi connectivity index (χ1v) is 19.1. The number of carboxylic acids is 2. The van der Waals surface area contributed by atoms with E-state index in [1.54, 1.807) is 46.9 Å². The quantitative estimate of drug-likeness (QED) is 0.157. The lowest BCUT2D eigenvalue weighted by atomic mass is 9.66. The lowest BCUT2D eigenvalue weighted by Crippen LogP contribution is -2.37. The highest BCUT2D eigenvalue weighted by atomic mass is 32.1. The molecule has 2 aromatic carbocycles. The molecule has 2 N–H and O–H groups in total. The predicted octanol–water partition coefficient (Wildman–Crippen LogP) is 9.98. The first-order chi connectivity index (χ1) is 23.5. The highest BCUT2D eigenvalue weighted by molar-refractivity contribution is 7.16. The number of benzene rings is 2. The number of carbonyl (C=O) groups is 2. The number of fused-ring (bicyclic) bond motifs is 2. The summed E-state index contributed by atoms with van der Waals surface area (Å²) in [5, 5.41) is 21.0. The smallest absolute Gasteiger partial charge is 0.335 e. The Bertz CT molecular complexity index is 1950. The van der Waals surface area contributed by atoms with Crippen molar-refractivity contribution in [3.8, 4) is 0 Å². The van der Waals surface area contributed by atoms with Crippen LogP contribution in [0.1, 0.15) is 122 Å². The number of thiazole rings is 2. The molecule has 0 aliphatic heterocycles. The second-order valence-electron chi connectivity index (χ2n) is 16.3. The summed E-state index contributed by atoms with van der Waals surface area (Å²) in [5.74, 6) is -1.87. The second kappa shape index (κ2) is 12.0. The maximum Gasteiger partial charge on any atom is 0.335 e. The molecule has 3 aliphatic rings. The molecule has 3 aliphatic carbocycles. The van der Waals surface area contributed by atoms with Gasteiger partial charge in [-0.25, -0.2) is 19.6 Å². The second-order valence-corrected chi connectivity index (χ2v) is 18.2. The van der Waals surface area contributed by atoms with Crippen molar-refractivity contribution in [2.45, 2.75) is 108 Å². The zero-order valence-corrected chi connectivity index (χ0v) is 31.5. The van der Waals surface area contributed by atoms with Crippen molar-refractivity contribution in [1.29, 1.82) is 0 Å². The van der Waals surface area contributed by atoms with Crippen molar-refractivity contribution in [3.63, 3.8) is 0 Å². The van der Waals surface area contributed by atoms with Gasteiger partial charge in [-0.15, -0.1) is 22.7 Å². The number of anilines is 4. The summed E-state index contributed by atoms with van der Waals surface area (Å²) >= 11 is 3.53. The Hall–Kier alpha value is -4.02. The topological polar surface area (TPSA) is 107 Å². The number of hydrogen-bond acceptors (Lipinski definition) is 8. The predicted molar refractivity (Wildman–Crippen MR) is 203 cm³/mol. The third-order valence-corrected chi connectivity index (χ3v) is 13.7. The molecule has 8 nitrogen and oxygen atoms in total. The van der Waals surface area contributed by atoms with Gasteiger partial charge in [-0.3, -0.25) is 0 Å². The van der Waals surface area contributed by atoms with Gasteiger partial charge in [0.05, 0.1) is 22.5 Å². The molecule has 4 aromatic rings. The molecule has 10 heteroatoms. The first-order valence-electron chi connectivity index (χ1n) is 17.5. The van der Waals surface area contributed by atoms with Gasteiger partial charge < -0.3 is 20.0 Å². The van der Waals surface area contributed by atoms with E-state index in [1.807, 2.05) is 24.3 Å². The molecule has 1 fully saturated rings. The summed E-state index contributed by atoms with van der Waals surface area (Å²) in [5.41, 5.74) is 4.18. The van der Waals surface area contributed by atoms with E-state index < -0.39 is 11.9 Å². The van der Waals surface area contributed by atoms with Crippen molar-refractivity contribution in [2.75, 3.05) is 16.3 Å². The SMILES string of the molecule is CC1(C)C=CC(C)(C)c2sc(N(CCC3(C)CCC(C)(C)c4sc(N(c5ccc(C(=O)O)cc5)C5CC5)nc43)c3ccc(C(=O)O)cc3)nc21. The summed E-state index contributed by atoms with van der Waals surface area (Å²) < 4.78 is 0. The summed E-state index contributed by atoms with van der Waals surface area (Å²) in [4.78, 5) is 41.3. The minimum atomic E-state index is -0.940. The Labute approximate surface area is 302 Å². The molecule has 0 bridgehead atoms. The number of hydrogen-bond donors (Lipinski definition) is 2. The molecule has 1 saturated carbocycles. The van der Waals surface area contributed by atoms with Crippen LogP contribution >= 0.6 is 22.7 Å². The van der Waals surface area contributed by atoms with Crippen molar-refractivity contribution in [3.05, 3.63) is 93.0 Å². The number of aromatic carboxylic acids is 2. The number of allylic oxidation sites excluding steroid dienone is 2. The molecular weight excluding hydrogens is 665 g/mol. The van der Waals surface area contributed by atoms with E-state index in [-0.39, 0.29) is 32.8 Å². The van der Waals surface area contributed by atoms with Crippen molar-refractivity contribution < 1.29 is 19.8 Å². The standard InChI is InChI=1S/C40H46N4O4S2/c1-37(2)18-19-38(3,4)31-29(37)41-35(49-31)43(26-12-8-24(9-13-26)33(45)46)23-22-40(7)21-20-39(5,6)32-30(40)42-36(50-32)44(28-16-17-28)27-14-10-25(11-15-27)34(47)48/h8-15,18-19,28H,16-17,20-23H2,1-7H3,(H,45,46)(H,47,48). The third-order valence-electron chi connectivity index (χ3n) is 10.9. The van der Waals surface area contributed by atoms with Crippen LogP contribution in [0.15, 0.2) is 60.7 Å². The zero-order valence-electron chi connectivity index (χ0n) is 29.9. The van der Waals surface area contributed by atoms with E-state index in [9.17, 15) is 19.8 Å². The molecule has 0 amide bonds. The number of rotatable bonds is 10. The molecule has 0 saturated heterocycles. The Morgan fingerprint density at radius 1 is 0.720 bits per heavy atom. The highest BCUT2D eigenvalue weighted by Crippen LogP contribution is 2.53. The van der Waals surface area contributed by atoms with Gasteiger partial charge in [0.25, 0.3) is 0 Å². The van der Waals surface area contributed by atoms with Crippen LogP contribution in [0.5, 0.6) is 0 Å². The molecule has 2 heterocycles. The van der Waals surface area contributed by atoms with Crippen LogP contribution in [0.2, 0.25) is 0 Å². The van der Waals surface area contributed by atoms with Crippen LogP contribution in [0.4, 0.5) is 21.6 Å². The van der Waals surface area contributed by atoms with E-state index in [4.69, 9.17) is 9.97 Å². The van der Waals surface area contributed by atoms with Gasteiger partial charge in [-0.2, -0.15) is 0 Å². The highest BCUT2D eigenvalue weighted by Gasteiger charge is 2.45. The third kappa shape index (κ3) is 6.15. The van der Waals surface area contributed by atoms with Gasteiger partial charge in [0.1, 0.15) is 0 Å². The average molecular weight is 711 g/mol. The lowest BCUT2D eigenvalue weighted by Gasteiger charge is -2.41. The molecule has 262 valence electrons. The van der Waals surface area contributed by atoms with E-state index in [0.29, 0.717) is 12.6 Å². The monoisotopic (exact) mass is 710 g/mol. The fourth-order valence-corrected chi connectivity index (χ4v) is 10.1. The number of aromatic nitrogens is 2. The normalized spacial score (nSPS) is 21.3. The summed E-state index contributed by atoms with van der Waals surface area (Å²) in [6.07, 6.45) is 9.61.